The Morgan fingerprint density at radius 1 is 1.26 bits per heavy atom. The number of carbonyl (C=O) groups is 1. The van der Waals surface area contributed by atoms with Crippen LogP contribution in [-0.2, 0) is 0 Å². The van der Waals surface area contributed by atoms with Crippen LogP contribution in [0.25, 0.3) is 16.9 Å². The van der Waals surface area contributed by atoms with Gasteiger partial charge in [-0.25, -0.2) is 19.7 Å². The Balaban J connectivity index is 2.25. The minimum Gasteiger partial charge on any atom is -0.478 e. The van der Waals surface area contributed by atoms with Gasteiger partial charge in [0.2, 0.25) is 0 Å². The van der Waals surface area contributed by atoms with E-state index < -0.39 is 5.97 Å². The van der Waals surface area contributed by atoms with E-state index in [0.717, 1.165) is 0 Å². The molecule has 3 N–H and O–H groups in total. The Labute approximate surface area is 107 Å². The molecule has 7 heteroatoms. The molecule has 0 bridgehead atoms. The molecule has 0 saturated carbocycles. The Hall–Kier alpha value is -2.96. The van der Waals surface area contributed by atoms with Crippen molar-refractivity contribution in [2.75, 3.05) is 5.73 Å². The van der Waals surface area contributed by atoms with Gasteiger partial charge in [-0.2, -0.15) is 0 Å². The lowest BCUT2D eigenvalue weighted by atomic mass is 10.2. The second-order valence-electron chi connectivity index (χ2n) is 3.90. The summed E-state index contributed by atoms with van der Waals surface area (Å²) in [4.78, 5) is 23.0. The van der Waals surface area contributed by atoms with Crippen LogP contribution in [0.1, 0.15) is 10.4 Å². The summed E-state index contributed by atoms with van der Waals surface area (Å²) >= 11 is 0. The van der Waals surface area contributed by atoms with E-state index in [0.29, 0.717) is 22.7 Å². The smallest absolute Gasteiger partial charge is 0.335 e. The van der Waals surface area contributed by atoms with Gasteiger partial charge in [-0.05, 0) is 18.2 Å². The summed E-state index contributed by atoms with van der Waals surface area (Å²) in [6, 6.07) is 6.48. The minimum absolute atomic E-state index is 0.190. The summed E-state index contributed by atoms with van der Waals surface area (Å²) in [5, 5.41) is 9.00. The van der Waals surface area contributed by atoms with E-state index in [4.69, 9.17) is 10.8 Å². The van der Waals surface area contributed by atoms with E-state index >= 15 is 0 Å². The van der Waals surface area contributed by atoms with Crippen molar-refractivity contribution in [1.82, 2.24) is 19.5 Å². The number of rotatable bonds is 2. The van der Waals surface area contributed by atoms with Crippen LogP contribution in [-0.4, -0.2) is 30.6 Å². The average Bonchev–Trinajstić information content (AvgIpc) is 2.84. The van der Waals surface area contributed by atoms with Gasteiger partial charge in [-0.15, -0.1) is 0 Å². The first kappa shape index (κ1) is 11.1. The molecule has 0 aliphatic carbocycles. The first-order valence-electron chi connectivity index (χ1n) is 5.44. The molecule has 1 aromatic carbocycles. The number of hydrogen-bond acceptors (Lipinski definition) is 5. The maximum atomic E-state index is 11.0. The lowest BCUT2D eigenvalue weighted by Crippen LogP contribution is -2.01. The van der Waals surface area contributed by atoms with Crippen molar-refractivity contribution in [2.24, 2.45) is 0 Å². The number of aromatic nitrogens is 4. The molecule has 0 aliphatic rings. The van der Waals surface area contributed by atoms with Crippen LogP contribution in [0.3, 0.4) is 0 Å². The van der Waals surface area contributed by atoms with Crippen molar-refractivity contribution >= 4 is 23.0 Å². The molecule has 94 valence electrons. The highest BCUT2D eigenvalue weighted by Crippen LogP contribution is 2.20. The topological polar surface area (TPSA) is 107 Å². The normalized spacial score (nSPS) is 10.7. The van der Waals surface area contributed by atoms with Crippen molar-refractivity contribution in [1.29, 1.82) is 0 Å². The third-order valence-corrected chi connectivity index (χ3v) is 2.74. The lowest BCUT2D eigenvalue weighted by molar-refractivity contribution is 0.0697. The number of carboxylic acids is 1. The first-order chi connectivity index (χ1) is 9.16. The lowest BCUT2D eigenvalue weighted by Gasteiger charge is -2.06. The monoisotopic (exact) mass is 255 g/mol. The minimum atomic E-state index is -0.990. The first-order valence-corrected chi connectivity index (χ1v) is 5.44. The van der Waals surface area contributed by atoms with Crippen LogP contribution >= 0.6 is 0 Å². The van der Waals surface area contributed by atoms with Crippen LogP contribution in [0, 0.1) is 0 Å². The van der Waals surface area contributed by atoms with Crippen LogP contribution in [0.5, 0.6) is 0 Å². The second-order valence-corrected chi connectivity index (χ2v) is 3.90. The Morgan fingerprint density at radius 3 is 2.89 bits per heavy atom. The molecule has 0 radical (unpaired) electrons. The molecule has 3 aromatic rings. The zero-order valence-electron chi connectivity index (χ0n) is 9.69. The van der Waals surface area contributed by atoms with Crippen molar-refractivity contribution in [3.8, 4) is 5.69 Å². The van der Waals surface area contributed by atoms with Gasteiger partial charge in [0.1, 0.15) is 18.2 Å². The highest BCUT2D eigenvalue weighted by molar-refractivity contribution is 5.89. The summed E-state index contributed by atoms with van der Waals surface area (Å²) in [7, 11) is 0. The quantitative estimate of drug-likeness (QED) is 0.710. The Morgan fingerprint density at radius 2 is 2.11 bits per heavy atom. The number of anilines is 1. The highest BCUT2D eigenvalue weighted by atomic mass is 16.4. The number of nitrogens with two attached hydrogens (primary N) is 1. The molecule has 2 heterocycles. The van der Waals surface area contributed by atoms with E-state index in [1.807, 2.05) is 0 Å². The van der Waals surface area contributed by atoms with Gasteiger partial charge in [0, 0.05) is 5.69 Å². The SMILES string of the molecule is Nc1ncnc2ncn(-c3cccc(C(=O)O)c3)c12. The van der Waals surface area contributed by atoms with Crippen molar-refractivity contribution < 1.29 is 9.90 Å². The Bertz CT molecular complexity index is 781. The van der Waals surface area contributed by atoms with Crippen LogP contribution < -0.4 is 5.73 Å². The van der Waals surface area contributed by atoms with Crippen molar-refractivity contribution in [3.05, 3.63) is 42.5 Å². The largest absolute Gasteiger partial charge is 0.478 e. The number of carboxylic acid groups (broad SMARTS) is 1. The number of nitrogens with zero attached hydrogens (tertiary/aromatic N) is 4. The van der Waals surface area contributed by atoms with Gasteiger partial charge in [0.05, 0.1) is 5.56 Å². The molecule has 0 unspecified atom stereocenters. The summed E-state index contributed by atoms with van der Waals surface area (Å²) in [6.07, 6.45) is 2.87. The summed E-state index contributed by atoms with van der Waals surface area (Å²) in [5.41, 5.74) is 7.67. The average molecular weight is 255 g/mol. The van der Waals surface area contributed by atoms with Crippen molar-refractivity contribution in [3.63, 3.8) is 0 Å². The molecule has 0 aliphatic heterocycles. The van der Waals surface area contributed by atoms with Gasteiger partial charge in [0.15, 0.2) is 11.5 Å². The van der Waals surface area contributed by atoms with Gasteiger partial charge in [0.25, 0.3) is 0 Å². The van der Waals surface area contributed by atoms with Crippen molar-refractivity contribution in [2.45, 2.75) is 0 Å². The van der Waals surface area contributed by atoms with Gasteiger partial charge < -0.3 is 10.8 Å². The molecule has 0 atom stereocenters. The number of fused-ring (bicyclic) bond motifs is 1. The molecule has 3 rings (SSSR count). The van der Waals surface area contributed by atoms with Crippen LogP contribution in [0.15, 0.2) is 36.9 Å². The second kappa shape index (κ2) is 4.05. The zero-order chi connectivity index (χ0) is 13.4. The molecular weight excluding hydrogens is 246 g/mol. The van der Waals surface area contributed by atoms with Gasteiger partial charge in [-0.3, -0.25) is 4.57 Å². The predicted molar refractivity (Wildman–Crippen MR) is 68.0 cm³/mol. The van der Waals surface area contributed by atoms with E-state index in [1.54, 1.807) is 16.7 Å². The summed E-state index contributed by atoms with van der Waals surface area (Å²) in [6.45, 7) is 0. The van der Waals surface area contributed by atoms with E-state index in [1.165, 1.54) is 24.8 Å². The predicted octanol–water partition coefficient (Wildman–Crippen LogP) is 1.10. The van der Waals surface area contributed by atoms with Gasteiger partial charge >= 0.3 is 5.97 Å². The molecule has 0 spiro atoms. The maximum absolute atomic E-state index is 11.0. The van der Waals surface area contributed by atoms with E-state index in [2.05, 4.69) is 15.0 Å². The molecule has 7 nitrogen and oxygen atoms in total. The molecule has 2 aromatic heterocycles. The Kier molecular flexibility index (Phi) is 2.38. The fourth-order valence-electron chi connectivity index (χ4n) is 1.86. The number of hydrogen-bond donors (Lipinski definition) is 2. The molecule has 0 amide bonds. The molecular formula is C12H9N5O2. The number of aromatic carboxylic acids is 1. The molecule has 0 fully saturated rings. The van der Waals surface area contributed by atoms with Crippen LogP contribution in [0.2, 0.25) is 0 Å². The van der Waals surface area contributed by atoms with E-state index in [9.17, 15) is 4.79 Å². The summed E-state index contributed by atoms with van der Waals surface area (Å²) in [5.74, 6) is -0.696. The van der Waals surface area contributed by atoms with Crippen LogP contribution in [0.4, 0.5) is 5.82 Å². The van der Waals surface area contributed by atoms with E-state index in [-0.39, 0.29) is 5.56 Å². The molecule has 0 saturated heterocycles. The number of benzene rings is 1. The molecule has 19 heavy (non-hydrogen) atoms. The van der Waals surface area contributed by atoms with Gasteiger partial charge in [-0.1, -0.05) is 6.07 Å². The number of nitrogen functional groups attached to an aromatic ring is 1. The fourth-order valence-corrected chi connectivity index (χ4v) is 1.86. The highest BCUT2D eigenvalue weighted by Gasteiger charge is 2.11. The fraction of sp³-hybridized carbons (Fsp3) is 0. The summed E-state index contributed by atoms with van der Waals surface area (Å²) < 4.78 is 1.66. The third-order valence-electron chi connectivity index (χ3n) is 2.74. The number of imidazole rings is 1. The standard InChI is InChI=1S/C12H9N5O2/c13-10-9-11(15-5-14-10)16-6-17(9)8-3-1-2-7(4-8)12(18)19/h1-6H,(H,18,19)(H2,13,14,15). The zero-order valence-corrected chi connectivity index (χ0v) is 9.69. The maximum Gasteiger partial charge on any atom is 0.335 e. The third kappa shape index (κ3) is 1.77.